The Morgan fingerprint density at radius 3 is 2.08 bits per heavy atom. The molecule has 1 rings (SSSR count). The van der Waals surface area contributed by atoms with Crippen molar-refractivity contribution in [3.63, 3.8) is 0 Å². The lowest BCUT2D eigenvalue weighted by Gasteiger charge is -2.05. The first-order chi connectivity index (χ1) is 11.6. The van der Waals surface area contributed by atoms with Crippen molar-refractivity contribution in [2.75, 3.05) is 0 Å². The Kier molecular flexibility index (Phi) is 14.7. The third-order valence-electron chi connectivity index (χ3n) is 2.18. The Hall–Kier alpha value is -2.82. The Morgan fingerprint density at radius 2 is 1.67 bits per heavy atom. The molecule has 0 aliphatic carbocycles. The summed E-state index contributed by atoms with van der Waals surface area (Å²) in [6.45, 7) is 13.4. The Balaban J connectivity index is 0. The van der Waals surface area contributed by atoms with Gasteiger partial charge in [-0.25, -0.2) is 9.79 Å². The maximum absolute atomic E-state index is 11.9. The highest BCUT2D eigenvalue weighted by Crippen LogP contribution is 2.19. The monoisotopic (exact) mass is 331 g/mol. The maximum atomic E-state index is 11.9. The van der Waals surface area contributed by atoms with Gasteiger partial charge in [-0.3, -0.25) is 0 Å². The third-order valence-corrected chi connectivity index (χ3v) is 2.18. The Labute approximate surface area is 145 Å². The summed E-state index contributed by atoms with van der Waals surface area (Å²) in [7, 11) is 0. The van der Waals surface area contributed by atoms with Crippen LogP contribution in [0.2, 0.25) is 0 Å². The number of esters is 1. The number of hydrogen-bond acceptors (Lipinski definition) is 3. The number of nitrogens with two attached hydrogens (primary N) is 2. The molecule has 5 heteroatoms. The minimum atomic E-state index is -0.461. The first-order valence-corrected chi connectivity index (χ1v) is 7.94. The van der Waals surface area contributed by atoms with Gasteiger partial charge in [0.1, 0.15) is 5.75 Å². The fourth-order valence-corrected chi connectivity index (χ4v) is 1.40. The molecule has 0 heterocycles. The van der Waals surface area contributed by atoms with Crippen molar-refractivity contribution in [2.45, 2.75) is 34.6 Å². The van der Waals surface area contributed by atoms with E-state index in [0.717, 1.165) is 0 Å². The molecule has 4 N–H and O–H groups in total. The summed E-state index contributed by atoms with van der Waals surface area (Å²) in [6.07, 6.45) is 6.50. The molecule has 132 valence electrons. The molecule has 0 aromatic heterocycles. The number of allylic oxidation sites excluding steroid dienone is 3. The number of nitrogens with zero attached hydrogens (tertiary/aromatic N) is 1. The van der Waals surface area contributed by atoms with Crippen molar-refractivity contribution >= 4 is 17.6 Å². The minimum Gasteiger partial charge on any atom is -0.423 e. The summed E-state index contributed by atoms with van der Waals surface area (Å²) in [4.78, 5) is 15.8. The molecule has 0 aliphatic heterocycles. The van der Waals surface area contributed by atoms with Gasteiger partial charge in [0.15, 0.2) is 5.96 Å². The van der Waals surface area contributed by atoms with Crippen LogP contribution < -0.4 is 16.2 Å². The molecule has 0 saturated heterocycles. The summed E-state index contributed by atoms with van der Waals surface area (Å²) in [6, 6.07) is 6.52. The first kappa shape index (κ1) is 23.4. The fraction of sp³-hybridized carbons (Fsp3) is 0.263. The van der Waals surface area contributed by atoms with Crippen molar-refractivity contribution in [1.82, 2.24) is 0 Å². The van der Waals surface area contributed by atoms with Gasteiger partial charge in [0.2, 0.25) is 0 Å². The second-order valence-electron chi connectivity index (χ2n) is 3.78. The van der Waals surface area contributed by atoms with Crippen LogP contribution in [0.3, 0.4) is 0 Å². The van der Waals surface area contributed by atoms with Gasteiger partial charge in [-0.2, -0.15) is 0 Å². The van der Waals surface area contributed by atoms with Crippen molar-refractivity contribution in [1.29, 1.82) is 0 Å². The summed E-state index contributed by atoms with van der Waals surface area (Å²) >= 11 is 0. The molecule has 0 saturated carbocycles. The van der Waals surface area contributed by atoms with E-state index in [4.69, 9.17) is 16.2 Å². The molecule has 0 amide bonds. The van der Waals surface area contributed by atoms with Gasteiger partial charge in [-0.15, -0.1) is 0 Å². The SMILES string of the molecule is C=C/C=C(\C=C/C)C(=O)Oc1ccc(N=C(N)N)cc1.CC.CC. The maximum Gasteiger partial charge on any atom is 0.343 e. The van der Waals surface area contributed by atoms with Crippen molar-refractivity contribution in [2.24, 2.45) is 16.5 Å². The van der Waals surface area contributed by atoms with E-state index in [-0.39, 0.29) is 5.96 Å². The molecule has 1 aromatic rings. The lowest BCUT2D eigenvalue weighted by molar-refractivity contribution is -0.129. The molecule has 0 radical (unpaired) electrons. The van der Waals surface area contributed by atoms with E-state index in [0.29, 0.717) is 17.0 Å². The number of ether oxygens (including phenoxy) is 1. The summed E-state index contributed by atoms with van der Waals surface area (Å²) in [5.74, 6) is -0.0828. The predicted molar refractivity (Wildman–Crippen MR) is 103 cm³/mol. The standard InChI is InChI=1S/C15H17N3O2.2C2H6/c1-3-5-11(6-4-2)14(19)20-13-9-7-12(8-10-13)18-15(16)17;2*1-2/h3-10H,1H2,2H3,(H4,16,17,18);2*1-2H3/b6-4-,11-5+;;. The molecular formula is C19H29N3O2. The van der Waals surface area contributed by atoms with Gasteiger partial charge < -0.3 is 16.2 Å². The second kappa shape index (κ2) is 15.1. The van der Waals surface area contributed by atoms with Crippen LogP contribution in [0.25, 0.3) is 0 Å². The highest BCUT2D eigenvalue weighted by Gasteiger charge is 2.08. The molecular weight excluding hydrogens is 302 g/mol. The van der Waals surface area contributed by atoms with Crippen molar-refractivity contribution in [3.05, 3.63) is 60.7 Å². The van der Waals surface area contributed by atoms with Crippen LogP contribution in [0.4, 0.5) is 5.69 Å². The van der Waals surface area contributed by atoms with Crippen LogP contribution in [-0.2, 0) is 4.79 Å². The predicted octanol–water partition coefficient (Wildman–Crippen LogP) is 4.24. The lowest BCUT2D eigenvalue weighted by Crippen LogP contribution is -2.21. The van der Waals surface area contributed by atoms with Crippen LogP contribution in [0.1, 0.15) is 34.6 Å². The summed E-state index contributed by atoms with van der Waals surface area (Å²) in [5.41, 5.74) is 11.5. The van der Waals surface area contributed by atoms with E-state index >= 15 is 0 Å². The topological polar surface area (TPSA) is 90.7 Å². The zero-order valence-corrected chi connectivity index (χ0v) is 15.2. The summed E-state index contributed by atoms with van der Waals surface area (Å²) < 4.78 is 5.22. The highest BCUT2D eigenvalue weighted by atomic mass is 16.5. The van der Waals surface area contributed by atoms with E-state index in [1.165, 1.54) is 6.08 Å². The molecule has 0 aliphatic rings. The molecule has 0 spiro atoms. The second-order valence-corrected chi connectivity index (χ2v) is 3.78. The molecule has 0 unspecified atom stereocenters. The van der Waals surface area contributed by atoms with Crippen LogP contribution in [0.5, 0.6) is 5.75 Å². The van der Waals surface area contributed by atoms with E-state index in [2.05, 4.69) is 11.6 Å². The van der Waals surface area contributed by atoms with Gasteiger partial charge in [-0.05, 0) is 37.3 Å². The van der Waals surface area contributed by atoms with E-state index in [9.17, 15) is 4.79 Å². The average molecular weight is 331 g/mol. The number of aliphatic imine (C=N–C) groups is 1. The van der Waals surface area contributed by atoms with Crippen LogP contribution in [0, 0.1) is 0 Å². The number of carbonyl (C=O) groups is 1. The smallest absolute Gasteiger partial charge is 0.343 e. The largest absolute Gasteiger partial charge is 0.423 e. The van der Waals surface area contributed by atoms with Crippen LogP contribution in [0.15, 0.2) is 65.7 Å². The van der Waals surface area contributed by atoms with Gasteiger partial charge in [-0.1, -0.05) is 52.5 Å². The van der Waals surface area contributed by atoms with Gasteiger partial charge in [0, 0.05) is 0 Å². The zero-order chi connectivity index (χ0) is 19.0. The normalized spacial score (nSPS) is 9.79. The number of carbonyl (C=O) groups excluding carboxylic acids is 1. The number of rotatable bonds is 5. The molecule has 0 atom stereocenters. The molecule has 1 aromatic carbocycles. The van der Waals surface area contributed by atoms with Gasteiger partial charge >= 0.3 is 5.97 Å². The highest BCUT2D eigenvalue weighted by molar-refractivity contribution is 5.93. The van der Waals surface area contributed by atoms with Crippen molar-refractivity contribution in [3.8, 4) is 5.75 Å². The molecule has 0 bridgehead atoms. The van der Waals surface area contributed by atoms with Gasteiger partial charge in [0.05, 0.1) is 11.3 Å². The fourth-order valence-electron chi connectivity index (χ4n) is 1.40. The van der Waals surface area contributed by atoms with Crippen LogP contribution in [-0.4, -0.2) is 11.9 Å². The molecule has 0 fully saturated rings. The van der Waals surface area contributed by atoms with Crippen LogP contribution >= 0.6 is 0 Å². The lowest BCUT2D eigenvalue weighted by atomic mass is 10.2. The number of hydrogen-bond donors (Lipinski definition) is 2. The summed E-state index contributed by atoms with van der Waals surface area (Å²) in [5, 5.41) is 0. The first-order valence-electron chi connectivity index (χ1n) is 7.94. The van der Waals surface area contributed by atoms with E-state index < -0.39 is 5.97 Å². The number of guanidine groups is 1. The number of benzene rings is 1. The van der Waals surface area contributed by atoms with E-state index in [1.54, 1.807) is 42.5 Å². The van der Waals surface area contributed by atoms with E-state index in [1.807, 2.05) is 34.6 Å². The Morgan fingerprint density at radius 1 is 1.12 bits per heavy atom. The van der Waals surface area contributed by atoms with Crippen molar-refractivity contribution < 1.29 is 9.53 Å². The zero-order valence-electron chi connectivity index (χ0n) is 15.2. The quantitative estimate of drug-likeness (QED) is 0.211. The molecule has 24 heavy (non-hydrogen) atoms. The Bertz CT molecular complexity index is 567. The minimum absolute atomic E-state index is 0.0287. The van der Waals surface area contributed by atoms with Gasteiger partial charge in [0.25, 0.3) is 0 Å². The molecule has 5 nitrogen and oxygen atoms in total. The average Bonchev–Trinajstić information content (AvgIpc) is 2.59. The third kappa shape index (κ3) is 10.00.